The minimum absolute atomic E-state index is 0.471. The second-order valence-electron chi connectivity index (χ2n) is 4.10. The maximum absolute atomic E-state index is 11.1. The summed E-state index contributed by atoms with van der Waals surface area (Å²) >= 11 is 0. The van der Waals surface area contributed by atoms with Gasteiger partial charge >= 0.3 is 0 Å². The molecule has 0 radical (unpaired) electrons. The fourth-order valence-electron chi connectivity index (χ4n) is 1.95. The van der Waals surface area contributed by atoms with Gasteiger partial charge in [-0.05, 0) is 5.56 Å². The lowest BCUT2D eigenvalue weighted by atomic mass is 10.2. The topological polar surface area (TPSA) is 40.6 Å². The van der Waals surface area contributed by atoms with Crippen LogP contribution in [0.25, 0.3) is 0 Å². The quantitative estimate of drug-likeness (QED) is 0.780. The van der Waals surface area contributed by atoms with Crippen molar-refractivity contribution in [3.8, 4) is 0 Å². The SMILES string of the molecule is O=S(=O)(Cl)N1CCN(Cc2ccccc2)CC1. The summed E-state index contributed by atoms with van der Waals surface area (Å²) in [5, 5.41) is 0. The molecule has 1 fully saturated rings. The number of hydrogen-bond donors (Lipinski definition) is 0. The highest BCUT2D eigenvalue weighted by Gasteiger charge is 2.24. The summed E-state index contributed by atoms with van der Waals surface area (Å²) < 4.78 is 23.6. The average molecular weight is 275 g/mol. The summed E-state index contributed by atoms with van der Waals surface area (Å²) in [4.78, 5) is 2.23. The Labute approximate surface area is 106 Å². The number of halogens is 1. The van der Waals surface area contributed by atoms with Crippen LogP contribution in [0.15, 0.2) is 30.3 Å². The van der Waals surface area contributed by atoms with Crippen molar-refractivity contribution in [2.45, 2.75) is 6.54 Å². The van der Waals surface area contributed by atoms with Crippen molar-refractivity contribution in [1.82, 2.24) is 9.21 Å². The summed E-state index contributed by atoms with van der Waals surface area (Å²) in [6.45, 7) is 3.25. The third kappa shape index (κ3) is 3.67. The number of hydrogen-bond acceptors (Lipinski definition) is 3. The molecule has 1 aromatic rings. The van der Waals surface area contributed by atoms with E-state index in [1.165, 1.54) is 9.87 Å². The van der Waals surface area contributed by atoms with Gasteiger partial charge in [0.25, 0.3) is 9.24 Å². The lowest BCUT2D eigenvalue weighted by molar-refractivity contribution is 0.183. The molecule has 1 aromatic carbocycles. The normalized spacial score (nSPS) is 19.4. The predicted molar refractivity (Wildman–Crippen MR) is 68.1 cm³/mol. The van der Waals surface area contributed by atoms with E-state index < -0.39 is 9.24 Å². The van der Waals surface area contributed by atoms with Gasteiger partial charge in [-0.15, -0.1) is 0 Å². The van der Waals surface area contributed by atoms with Gasteiger partial charge in [0.1, 0.15) is 0 Å². The Bertz CT molecular complexity index is 456. The fourth-order valence-corrected chi connectivity index (χ4v) is 2.96. The van der Waals surface area contributed by atoms with Gasteiger partial charge in [0.05, 0.1) is 0 Å². The number of benzene rings is 1. The molecule has 1 saturated heterocycles. The van der Waals surface area contributed by atoms with Gasteiger partial charge in [0, 0.05) is 43.4 Å². The highest BCUT2D eigenvalue weighted by molar-refractivity contribution is 8.11. The first-order valence-corrected chi connectivity index (χ1v) is 7.78. The van der Waals surface area contributed by atoms with Crippen molar-refractivity contribution in [2.75, 3.05) is 26.2 Å². The van der Waals surface area contributed by atoms with E-state index in [-0.39, 0.29) is 0 Å². The molecule has 2 rings (SSSR count). The maximum Gasteiger partial charge on any atom is 0.299 e. The van der Waals surface area contributed by atoms with Crippen LogP contribution < -0.4 is 0 Å². The summed E-state index contributed by atoms with van der Waals surface area (Å²) in [5.74, 6) is 0. The summed E-state index contributed by atoms with van der Waals surface area (Å²) in [6, 6.07) is 10.2. The number of piperazine rings is 1. The first kappa shape index (κ1) is 12.8. The van der Waals surface area contributed by atoms with E-state index in [2.05, 4.69) is 17.0 Å². The smallest absolute Gasteiger partial charge is 0.296 e. The van der Waals surface area contributed by atoms with E-state index in [1.807, 2.05) is 18.2 Å². The molecule has 0 aromatic heterocycles. The lowest BCUT2D eigenvalue weighted by Crippen LogP contribution is -2.46. The zero-order valence-electron chi connectivity index (χ0n) is 9.42. The molecule has 4 nitrogen and oxygen atoms in total. The molecule has 0 bridgehead atoms. The van der Waals surface area contributed by atoms with Gasteiger partial charge in [-0.3, -0.25) is 4.90 Å². The Morgan fingerprint density at radius 1 is 1.06 bits per heavy atom. The molecule has 0 atom stereocenters. The van der Waals surface area contributed by atoms with E-state index in [1.54, 1.807) is 0 Å². The summed E-state index contributed by atoms with van der Waals surface area (Å²) in [6.07, 6.45) is 0. The third-order valence-electron chi connectivity index (χ3n) is 2.89. The van der Waals surface area contributed by atoms with E-state index in [4.69, 9.17) is 10.7 Å². The Balaban J connectivity index is 1.88. The fraction of sp³-hybridized carbons (Fsp3) is 0.455. The van der Waals surface area contributed by atoms with Gasteiger partial charge in [0.15, 0.2) is 0 Å². The minimum Gasteiger partial charge on any atom is -0.296 e. The first-order valence-electron chi connectivity index (χ1n) is 5.52. The summed E-state index contributed by atoms with van der Waals surface area (Å²) in [5.41, 5.74) is 1.25. The van der Waals surface area contributed by atoms with Crippen LogP contribution in [0, 0.1) is 0 Å². The van der Waals surface area contributed by atoms with Crippen LogP contribution in [0.1, 0.15) is 5.56 Å². The summed E-state index contributed by atoms with van der Waals surface area (Å²) in [7, 11) is 1.76. The van der Waals surface area contributed by atoms with Crippen LogP contribution in [-0.2, 0) is 15.8 Å². The molecular weight excluding hydrogens is 260 g/mol. The third-order valence-corrected chi connectivity index (χ3v) is 4.46. The Hall–Kier alpha value is -0.620. The van der Waals surface area contributed by atoms with E-state index in [0.29, 0.717) is 13.1 Å². The van der Waals surface area contributed by atoms with Crippen molar-refractivity contribution in [1.29, 1.82) is 0 Å². The molecular formula is C11H15ClN2O2S. The Morgan fingerprint density at radius 3 is 2.18 bits per heavy atom. The largest absolute Gasteiger partial charge is 0.299 e. The molecule has 0 spiro atoms. The number of nitrogens with zero attached hydrogens (tertiary/aromatic N) is 2. The minimum atomic E-state index is -3.54. The molecule has 0 unspecified atom stereocenters. The molecule has 0 aliphatic carbocycles. The monoisotopic (exact) mass is 274 g/mol. The van der Waals surface area contributed by atoms with Gasteiger partial charge in [-0.1, -0.05) is 30.3 Å². The second-order valence-corrected chi connectivity index (χ2v) is 6.61. The van der Waals surface area contributed by atoms with Gasteiger partial charge in [-0.25, -0.2) is 0 Å². The molecule has 17 heavy (non-hydrogen) atoms. The molecule has 6 heteroatoms. The zero-order valence-corrected chi connectivity index (χ0v) is 11.0. The highest BCUT2D eigenvalue weighted by atomic mass is 35.7. The Kier molecular flexibility index (Phi) is 4.04. The highest BCUT2D eigenvalue weighted by Crippen LogP contribution is 2.13. The van der Waals surface area contributed by atoms with Crippen LogP contribution in [0.4, 0.5) is 0 Å². The van der Waals surface area contributed by atoms with Crippen molar-refractivity contribution < 1.29 is 8.42 Å². The zero-order chi connectivity index (χ0) is 12.3. The van der Waals surface area contributed by atoms with E-state index in [0.717, 1.165) is 19.6 Å². The van der Waals surface area contributed by atoms with Crippen molar-refractivity contribution >= 4 is 19.9 Å². The van der Waals surface area contributed by atoms with E-state index in [9.17, 15) is 8.42 Å². The van der Waals surface area contributed by atoms with Gasteiger partial charge in [-0.2, -0.15) is 12.7 Å². The molecule has 0 amide bonds. The van der Waals surface area contributed by atoms with Crippen molar-refractivity contribution in [3.05, 3.63) is 35.9 Å². The average Bonchev–Trinajstić information content (AvgIpc) is 2.30. The Morgan fingerprint density at radius 2 is 1.65 bits per heavy atom. The molecule has 94 valence electrons. The van der Waals surface area contributed by atoms with Crippen LogP contribution in [0.5, 0.6) is 0 Å². The standard InChI is InChI=1S/C11H15ClN2O2S/c12-17(15,16)14-8-6-13(7-9-14)10-11-4-2-1-3-5-11/h1-5H,6-10H2. The van der Waals surface area contributed by atoms with Crippen molar-refractivity contribution in [2.24, 2.45) is 0 Å². The molecule has 1 aliphatic heterocycles. The first-order chi connectivity index (χ1) is 8.05. The molecule has 1 heterocycles. The molecule has 1 aliphatic rings. The van der Waals surface area contributed by atoms with Crippen LogP contribution in [0.2, 0.25) is 0 Å². The lowest BCUT2D eigenvalue weighted by Gasteiger charge is -2.32. The van der Waals surface area contributed by atoms with Crippen molar-refractivity contribution in [3.63, 3.8) is 0 Å². The van der Waals surface area contributed by atoms with Crippen LogP contribution in [0.3, 0.4) is 0 Å². The molecule has 0 N–H and O–H groups in total. The number of rotatable bonds is 3. The second kappa shape index (κ2) is 5.35. The van der Waals surface area contributed by atoms with Gasteiger partial charge < -0.3 is 0 Å². The maximum atomic E-state index is 11.1. The van der Waals surface area contributed by atoms with Gasteiger partial charge in [0.2, 0.25) is 0 Å². The van der Waals surface area contributed by atoms with Crippen LogP contribution in [-0.4, -0.2) is 43.8 Å². The molecule has 0 saturated carbocycles. The van der Waals surface area contributed by atoms with E-state index >= 15 is 0 Å². The van der Waals surface area contributed by atoms with Crippen LogP contribution >= 0.6 is 10.7 Å². The predicted octanol–water partition coefficient (Wildman–Crippen LogP) is 1.29.